The first kappa shape index (κ1) is 77.8. The summed E-state index contributed by atoms with van der Waals surface area (Å²) in [4.78, 5) is 38.5. The van der Waals surface area contributed by atoms with E-state index in [1.54, 1.807) is 0 Å². The molecule has 0 aromatic heterocycles. The van der Waals surface area contributed by atoms with Gasteiger partial charge in [-0.25, -0.2) is 0 Å². The molecule has 0 radical (unpaired) electrons. The van der Waals surface area contributed by atoms with Crippen LogP contribution in [-0.4, -0.2) is 37.2 Å². The molecule has 0 rings (SSSR count). The molecule has 0 amide bonds. The van der Waals surface area contributed by atoms with E-state index in [1.807, 2.05) is 0 Å². The van der Waals surface area contributed by atoms with Gasteiger partial charge in [-0.15, -0.1) is 0 Å². The highest BCUT2D eigenvalue weighted by molar-refractivity contribution is 5.71. The topological polar surface area (TPSA) is 78.9 Å². The van der Waals surface area contributed by atoms with Crippen LogP contribution in [0.3, 0.4) is 0 Å². The first-order valence-electron chi connectivity index (χ1n) is 34.5. The van der Waals surface area contributed by atoms with Crippen molar-refractivity contribution in [3.8, 4) is 0 Å². The number of rotatable bonds is 62. The molecule has 0 saturated carbocycles. The minimum absolute atomic E-state index is 0.0957. The van der Waals surface area contributed by atoms with Crippen molar-refractivity contribution in [2.24, 2.45) is 0 Å². The van der Waals surface area contributed by atoms with Crippen LogP contribution in [-0.2, 0) is 28.6 Å². The summed E-state index contributed by atoms with van der Waals surface area (Å²) in [5, 5.41) is 0. The predicted molar refractivity (Wildman–Crippen MR) is 357 cm³/mol. The molecule has 0 fully saturated rings. The zero-order valence-electron chi connectivity index (χ0n) is 53.7. The van der Waals surface area contributed by atoms with Crippen molar-refractivity contribution in [3.05, 3.63) is 122 Å². The number of carbonyl (C=O) groups excluding carboxylic acids is 3. The monoisotopic (exact) mass is 1140 g/mol. The first-order chi connectivity index (χ1) is 40.5. The third-order valence-electron chi connectivity index (χ3n) is 14.7. The fourth-order valence-corrected chi connectivity index (χ4v) is 9.55. The molecule has 6 heteroatoms. The SMILES string of the molecule is CC/C=C\C/C=C\C/C=C\C/C=C\C/C=C\C/C=C\C/C=C\CCCCCC(=O)OCC(COC(=O)CCCCCCCC/C=C\C/C=C\C/C=C\CCCCC)OC(=O)CCCCCCCCCCCCCCCCCCCCCC. The van der Waals surface area contributed by atoms with E-state index in [0.717, 1.165) is 128 Å². The average molecular weight is 1140 g/mol. The van der Waals surface area contributed by atoms with E-state index in [9.17, 15) is 14.4 Å². The molecule has 6 nitrogen and oxygen atoms in total. The second-order valence-corrected chi connectivity index (χ2v) is 22.7. The second kappa shape index (κ2) is 69.3. The van der Waals surface area contributed by atoms with Crippen molar-refractivity contribution in [2.45, 2.75) is 329 Å². The van der Waals surface area contributed by atoms with Gasteiger partial charge in [0, 0.05) is 19.3 Å². The number of unbranched alkanes of at least 4 members (excludes halogenated alkanes) is 31. The van der Waals surface area contributed by atoms with E-state index >= 15 is 0 Å². The highest BCUT2D eigenvalue weighted by Crippen LogP contribution is 2.17. The number of hydrogen-bond acceptors (Lipinski definition) is 6. The molecule has 0 aliphatic heterocycles. The largest absolute Gasteiger partial charge is 0.462 e. The van der Waals surface area contributed by atoms with E-state index in [0.29, 0.717) is 19.3 Å². The number of allylic oxidation sites excluding steroid dienone is 20. The molecule has 0 spiro atoms. The van der Waals surface area contributed by atoms with E-state index in [2.05, 4.69) is 142 Å². The first-order valence-corrected chi connectivity index (χ1v) is 34.5. The minimum atomic E-state index is -0.802. The average Bonchev–Trinajstić information content (AvgIpc) is 3.47. The zero-order chi connectivity index (χ0) is 59.2. The molecule has 0 aliphatic rings. The molecule has 1 unspecified atom stereocenters. The summed E-state index contributed by atoms with van der Waals surface area (Å²) in [6.07, 6.45) is 96.3. The highest BCUT2D eigenvalue weighted by Gasteiger charge is 2.19. The Bertz CT molecular complexity index is 1690. The van der Waals surface area contributed by atoms with Gasteiger partial charge in [-0.05, 0) is 116 Å². The van der Waals surface area contributed by atoms with Crippen LogP contribution in [0.25, 0.3) is 0 Å². The lowest BCUT2D eigenvalue weighted by Crippen LogP contribution is -2.30. The second-order valence-electron chi connectivity index (χ2n) is 22.7. The van der Waals surface area contributed by atoms with Gasteiger partial charge >= 0.3 is 17.9 Å². The molecule has 0 aliphatic carbocycles. The predicted octanol–water partition coefficient (Wildman–Crippen LogP) is 23.9. The van der Waals surface area contributed by atoms with Crippen LogP contribution >= 0.6 is 0 Å². The third kappa shape index (κ3) is 66.6. The van der Waals surface area contributed by atoms with Gasteiger partial charge in [0.15, 0.2) is 6.10 Å². The van der Waals surface area contributed by atoms with Crippen molar-refractivity contribution in [1.29, 1.82) is 0 Å². The number of esters is 3. The molecule has 82 heavy (non-hydrogen) atoms. The van der Waals surface area contributed by atoms with Crippen molar-refractivity contribution >= 4 is 17.9 Å². The molecular formula is C76H128O6. The smallest absolute Gasteiger partial charge is 0.306 e. The van der Waals surface area contributed by atoms with Gasteiger partial charge in [-0.2, -0.15) is 0 Å². The fourth-order valence-electron chi connectivity index (χ4n) is 9.55. The van der Waals surface area contributed by atoms with Crippen LogP contribution in [0.4, 0.5) is 0 Å². The van der Waals surface area contributed by atoms with Gasteiger partial charge in [-0.1, -0.05) is 309 Å². The molecular weight excluding hydrogens is 1010 g/mol. The maximum Gasteiger partial charge on any atom is 0.306 e. The molecule has 468 valence electrons. The van der Waals surface area contributed by atoms with E-state index in [1.165, 1.54) is 154 Å². The van der Waals surface area contributed by atoms with Crippen molar-refractivity contribution < 1.29 is 28.6 Å². The van der Waals surface area contributed by atoms with Gasteiger partial charge < -0.3 is 14.2 Å². The number of hydrogen-bond donors (Lipinski definition) is 0. The molecule has 0 saturated heterocycles. The van der Waals surface area contributed by atoms with Crippen molar-refractivity contribution in [3.63, 3.8) is 0 Å². The third-order valence-corrected chi connectivity index (χ3v) is 14.7. The summed E-state index contributed by atoms with van der Waals surface area (Å²) in [6.45, 7) is 6.50. The van der Waals surface area contributed by atoms with Crippen LogP contribution in [0.2, 0.25) is 0 Å². The normalized spacial score (nSPS) is 12.9. The summed E-state index contributed by atoms with van der Waals surface area (Å²) < 4.78 is 17.0. The summed E-state index contributed by atoms with van der Waals surface area (Å²) >= 11 is 0. The van der Waals surface area contributed by atoms with Gasteiger partial charge in [0.05, 0.1) is 0 Å². The van der Waals surface area contributed by atoms with E-state index in [4.69, 9.17) is 14.2 Å². The fraction of sp³-hybridized carbons (Fsp3) is 0.697. The molecule has 0 aromatic carbocycles. The quantitative estimate of drug-likeness (QED) is 0.0261. The summed E-state index contributed by atoms with van der Waals surface area (Å²) in [7, 11) is 0. The zero-order valence-corrected chi connectivity index (χ0v) is 53.7. The molecule has 1 atom stereocenters. The van der Waals surface area contributed by atoms with Gasteiger partial charge in [-0.3, -0.25) is 14.4 Å². The lowest BCUT2D eigenvalue weighted by molar-refractivity contribution is -0.167. The summed E-state index contributed by atoms with van der Waals surface area (Å²) in [5.74, 6) is -0.929. The van der Waals surface area contributed by atoms with Gasteiger partial charge in [0.1, 0.15) is 13.2 Å². The number of carbonyl (C=O) groups is 3. The minimum Gasteiger partial charge on any atom is -0.462 e. The Balaban J connectivity index is 4.47. The lowest BCUT2D eigenvalue weighted by Gasteiger charge is -2.18. The highest BCUT2D eigenvalue weighted by atomic mass is 16.6. The lowest BCUT2D eigenvalue weighted by atomic mass is 10.0. The Morgan fingerprint density at radius 2 is 0.476 bits per heavy atom. The van der Waals surface area contributed by atoms with E-state index < -0.39 is 6.10 Å². The Labute approximate surface area is 507 Å². The summed E-state index contributed by atoms with van der Waals surface area (Å²) in [6, 6.07) is 0. The van der Waals surface area contributed by atoms with Crippen molar-refractivity contribution in [1.82, 2.24) is 0 Å². The van der Waals surface area contributed by atoms with Crippen LogP contribution in [0.5, 0.6) is 0 Å². The van der Waals surface area contributed by atoms with E-state index in [-0.39, 0.29) is 31.1 Å². The molecule has 0 bridgehead atoms. The Morgan fingerprint density at radius 1 is 0.256 bits per heavy atom. The Kier molecular flexibility index (Phi) is 65.8. The molecule has 0 aromatic rings. The van der Waals surface area contributed by atoms with Crippen LogP contribution in [0.1, 0.15) is 323 Å². The number of ether oxygens (including phenoxy) is 3. The molecule has 0 N–H and O–H groups in total. The van der Waals surface area contributed by atoms with Gasteiger partial charge in [0.25, 0.3) is 0 Å². The van der Waals surface area contributed by atoms with Crippen molar-refractivity contribution in [2.75, 3.05) is 13.2 Å². The van der Waals surface area contributed by atoms with Crippen LogP contribution < -0.4 is 0 Å². The summed E-state index contributed by atoms with van der Waals surface area (Å²) in [5.41, 5.74) is 0. The molecule has 0 heterocycles. The maximum atomic E-state index is 13.0. The Morgan fingerprint density at radius 3 is 0.780 bits per heavy atom. The Hall–Kier alpha value is -4.19. The van der Waals surface area contributed by atoms with Crippen LogP contribution in [0.15, 0.2) is 122 Å². The maximum absolute atomic E-state index is 13.0. The van der Waals surface area contributed by atoms with Crippen LogP contribution in [0, 0.1) is 0 Å². The van der Waals surface area contributed by atoms with Gasteiger partial charge in [0.2, 0.25) is 0 Å². The standard InChI is InChI=1S/C76H128O6/c1-4-7-10-13-16-19-22-25-28-31-34-36-37-38-39-40-43-45-48-51-54-57-60-63-66-69-75(78)81-72-73(71-80-74(77)68-65-62-59-56-53-50-47-44-41-33-30-27-24-21-18-15-12-9-6-3)82-76(79)70-67-64-61-58-55-52-49-46-42-35-32-29-26-23-20-17-14-11-8-5-2/h7,10,16,18-19,21,25,27-28,30,34,36,38-39,41,43-45,51,54,73H,4-6,8-9,11-15,17,20,22-24,26,29,31-33,35,37,40,42,46-50,52-53,55-72H2,1-3H3/b10-7-,19-16-,21-18-,28-25-,30-27-,36-34-,39-38-,44-41-,45-43-,54-51-.